The second kappa shape index (κ2) is 6.67. The summed E-state index contributed by atoms with van der Waals surface area (Å²) >= 11 is 0. The third kappa shape index (κ3) is 3.55. The van der Waals surface area contributed by atoms with E-state index >= 15 is 0 Å². The second-order valence-electron chi connectivity index (χ2n) is 4.13. The van der Waals surface area contributed by atoms with Crippen molar-refractivity contribution in [1.29, 1.82) is 0 Å². The molecule has 0 bridgehead atoms. The lowest BCUT2D eigenvalue weighted by atomic mass is 10.3. The summed E-state index contributed by atoms with van der Waals surface area (Å²) in [5.41, 5.74) is 6.56. The minimum atomic E-state index is -0.198. The predicted octanol–water partition coefficient (Wildman–Crippen LogP) is 0.0658. The number of ether oxygens (including phenoxy) is 1. The summed E-state index contributed by atoms with van der Waals surface area (Å²) in [5, 5.41) is 7.11. The average Bonchev–Trinajstić information content (AvgIpc) is 2.48. The Morgan fingerprint density at radius 1 is 1.45 bits per heavy atom. The molecular formula is C13H17N5O2. The number of nitrogens with one attached hydrogen (secondary N) is 1. The van der Waals surface area contributed by atoms with Crippen molar-refractivity contribution in [1.82, 2.24) is 14.8 Å². The molecule has 0 saturated carbocycles. The number of hydrogen-bond acceptors (Lipinski definition) is 6. The molecule has 7 heteroatoms. The molecule has 0 aliphatic rings. The highest BCUT2D eigenvalue weighted by atomic mass is 16.5. The first kappa shape index (κ1) is 14.0. The van der Waals surface area contributed by atoms with E-state index in [1.807, 2.05) is 12.1 Å². The normalized spacial score (nSPS) is 10.3. The number of aromatic nitrogens is 3. The van der Waals surface area contributed by atoms with Crippen LogP contribution < -0.4 is 21.3 Å². The first-order valence-electron chi connectivity index (χ1n) is 6.24. The maximum absolute atomic E-state index is 11.9. The van der Waals surface area contributed by atoms with E-state index in [2.05, 4.69) is 15.4 Å². The highest BCUT2D eigenvalue weighted by Crippen LogP contribution is 2.07. The Hall–Kier alpha value is -2.41. The van der Waals surface area contributed by atoms with Crippen molar-refractivity contribution in [3.05, 3.63) is 46.5 Å². The molecule has 0 saturated heterocycles. The zero-order chi connectivity index (χ0) is 14.4. The Kier molecular flexibility index (Phi) is 4.67. The first-order chi connectivity index (χ1) is 9.72. The molecule has 7 nitrogen and oxygen atoms in total. The summed E-state index contributed by atoms with van der Waals surface area (Å²) in [6.07, 6.45) is 1.59. The van der Waals surface area contributed by atoms with Gasteiger partial charge in [-0.3, -0.25) is 4.79 Å². The van der Waals surface area contributed by atoms with Gasteiger partial charge in [-0.1, -0.05) is 6.07 Å². The third-order valence-corrected chi connectivity index (χ3v) is 2.65. The summed E-state index contributed by atoms with van der Waals surface area (Å²) in [7, 11) is 1.55. The van der Waals surface area contributed by atoms with Gasteiger partial charge in [0.15, 0.2) is 0 Å². The maximum atomic E-state index is 11.9. The topological polar surface area (TPSA) is 95.1 Å². The van der Waals surface area contributed by atoms with Crippen LogP contribution in [0.15, 0.2) is 35.3 Å². The molecule has 0 radical (unpaired) electrons. The smallest absolute Gasteiger partial charge is 0.269 e. The van der Waals surface area contributed by atoms with Crippen molar-refractivity contribution in [3.8, 4) is 5.88 Å². The standard InChI is InChI=1S/C13H17N5O2/c1-20-12-4-2-3-10(17-12)9-18-13(19)7-11(8-16-18)15-6-5-14/h2-4,7-8,15H,5-6,9,14H2,1H3. The number of methoxy groups -OCH3 is 1. The molecular weight excluding hydrogens is 258 g/mol. The molecule has 0 atom stereocenters. The minimum Gasteiger partial charge on any atom is -0.481 e. The number of nitrogens with zero attached hydrogens (tertiary/aromatic N) is 3. The number of nitrogens with two attached hydrogens (primary N) is 1. The molecule has 0 aliphatic carbocycles. The van der Waals surface area contributed by atoms with Crippen LogP contribution in [-0.2, 0) is 6.54 Å². The van der Waals surface area contributed by atoms with E-state index in [-0.39, 0.29) is 5.56 Å². The SMILES string of the molecule is COc1cccc(Cn2ncc(NCCN)cc2=O)n1. The Morgan fingerprint density at radius 2 is 2.30 bits per heavy atom. The second-order valence-corrected chi connectivity index (χ2v) is 4.13. The van der Waals surface area contributed by atoms with Gasteiger partial charge in [0.25, 0.3) is 5.56 Å². The molecule has 0 amide bonds. The highest BCUT2D eigenvalue weighted by Gasteiger charge is 2.03. The number of anilines is 1. The Labute approximate surface area is 116 Å². The quantitative estimate of drug-likeness (QED) is 0.774. The van der Waals surface area contributed by atoms with Gasteiger partial charge in [0, 0.05) is 25.2 Å². The minimum absolute atomic E-state index is 0.198. The lowest BCUT2D eigenvalue weighted by Gasteiger charge is -2.07. The van der Waals surface area contributed by atoms with Crippen LogP contribution >= 0.6 is 0 Å². The van der Waals surface area contributed by atoms with Gasteiger partial charge >= 0.3 is 0 Å². The Bertz CT molecular complexity index is 626. The summed E-state index contributed by atoms with van der Waals surface area (Å²) in [4.78, 5) is 16.2. The Morgan fingerprint density at radius 3 is 3.00 bits per heavy atom. The van der Waals surface area contributed by atoms with Crippen LogP contribution in [0.3, 0.4) is 0 Å². The molecule has 2 aromatic rings. The van der Waals surface area contributed by atoms with E-state index in [4.69, 9.17) is 10.5 Å². The fourth-order valence-electron chi connectivity index (χ4n) is 1.68. The molecule has 20 heavy (non-hydrogen) atoms. The van der Waals surface area contributed by atoms with Crippen molar-refractivity contribution < 1.29 is 4.74 Å². The fourth-order valence-corrected chi connectivity index (χ4v) is 1.68. The van der Waals surface area contributed by atoms with Gasteiger partial charge < -0.3 is 15.8 Å². The van der Waals surface area contributed by atoms with Crippen LogP contribution in [0.5, 0.6) is 5.88 Å². The zero-order valence-electron chi connectivity index (χ0n) is 11.2. The van der Waals surface area contributed by atoms with Crippen molar-refractivity contribution in [2.75, 3.05) is 25.5 Å². The highest BCUT2D eigenvalue weighted by molar-refractivity contribution is 5.38. The molecule has 0 fully saturated rings. The zero-order valence-corrected chi connectivity index (χ0v) is 11.2. The van der Waals surface area contributed by atoms with Crippen LogP contribution in [-0.4, -0.2) is 35.0 Å². The van der Waals surface area contributed by atoms with Gasteiger partial charge in [-0.15, -0.1) is 0 Å². The van der Waals surface area contributed by atoms with Gasteiger partial charge in [-0.05, 0) is 6.07 Å². The van der Waals surface area contributed by atoms with E-state index < -0.39 is 0 Å². The van der Waals surface area contributed by atoms with Crippen molar-refractivity contribution >= 4 is 5.69 Å². The van der Waals surface area contributed by atoms with Crippen molar-refractivity contribution in [2.45, 2.75) is 6.54 Å². The molecule has 0 unspecified atom stereocenters. The summed E-state index contributed by atoms with van der Waals surface area (Å²) in [6.45, 7) is 1.40. The van der Waals surface area contributed by atoms with Crippen molar-refractivity contribution in [3.63, 3.8) is 0 Å². The van der Waals surface area contributed by atoms with Crippen molar-refractivity contribution in [2.24, 2.45) is 5.73 Å². The molecule has 0 spiro atoms. The molecule has 0 aliphatic heterocycles. The first-order valence-corrected chi connectivity index (χ1v) is 6.24. The van der Waals surface area contributed by atoms with Gasteiger partial charge in [-0.2, -0.15) is 5.10 Å². The molecule has 2 heterocycles. The summed E-state index contributed by atoms with van der Waals surface area (Å²) in [5.74, 6) is 0.511. The molecule has 0 aromatic carbocycles. The van der Waals surface area contributed by atoms with Crippen LogP contribution in [0, 0.1) is 0 Å². The van der Waals surface area contributed by atoms with Gasteiger partial charge in [0.05, 0.1) is 31.2 Å². The molecule has 2 rings (SSSR count). The van der Waals surface area contributed by atoms with E-state index in [1.54, 1.807) is 19.4 Å². The monoisotopic (exact) mass is 275 g/mol. The fraction of sp³-hybridized carbons (Fsp3) is 0.308. The lowest BCUT2D eigenvalue weighted by Crippen LogP contribution is -2.24. The summed E-state index contributed by atoms with van der Waals surface area (Å²) < 4.78 is 6.39. The van der Waals surface area contributed by atoms with E-state index in [0.29, 0.717) is 36.9 Å². The van der Waals surface area contributed by atoms with Crippen LogP contribution in [0.4, 0.5) is 5.69 Å². The summed E-state index contributed by atoms with van der Waals surface area (Å²) in [6, 6.07) is 6.88. The van der Waals surface area contributed by atoms with Crippen LogP contribution in [0.1, 0.15) is 5.69 Å². The number of hydrogen-bond donors (Lipinski definition) is 2. The average molecular weight is 275 g/mol. The van der Waals surface area contributed by atoms with Crippen LogP contribution in [0.2, 0.25) is 0 Å². The molecule has 106 valence electrons. The van der Waals surface area contributed by atoms with E-state index in [0.717, 1.165) is 0 Å². The van der Waals surface area contributed by atoms with E-state index in [9.17, 15) is 4.79 Å². The Balaban J connectivity index is 2.15. The van der Waals surface area contributed by atoms with Crippen LogP contribution in [0.25, 0.3) is 0 Å². The number of rotatable bonds is 6. The van der Waals surface area contributed by atoms with E-state index in [1.165, 1.54) is 10.7 Å². The molecule has 3 N–H and O–H groups in total. The van der Waals surface area contributed by atoms with Gasteiger partial charge in [0.2, 0.25) is 5.88 Å². The van der Waals surface area contributed by atoms with Gasteiger partial charge in [-0.25, -0.2) is 9.67 Å². The lowest BCUT2D eigenvalue weighted by molar-refractivity contribution is 0.395. The predicted molar refractivity (Wildman–Crippen MR) is 75.9 cm³/mol. The third-order valence-electron chi connectivity index (χ3n) is 2.65. The van der Waals surface area contributed by atoms with Gasteiger partial charge in [0.1, 0.15) is 0 Å². The largest absolute Gasteiger partial charge is 0.481 e. The maximum Gasteiger partial charge on any atom is 0.269 e. The number of pyridine rings is 1. The molecule has 2 aromatic heterocycles.